The predicted molar refractivity (Wildman–Crippen MR) is 34.0 cm³/mol. The van der Waals surface area contributed by atoms with Crippen molar-refractivity contribution >= 4 is 5.91 Å². The minimum Gasteiger partial charge on any atom is -0.287 e. The van der Waals surface area contributed by atoms with Crippen LogP contribution in [0.1, 0.15) is 13.3 Å². The molecule has 9 heavy (non-hydrogen) atoms. The van der Waals surface area contributed by atoms with Gasteiger partial charge in [-0.3, -0.25) is 10.2 Å². The van der Waals surface area contributed by atoms with Crippen molar-refractivity contribution in [3.05, 3.63) is 18.2 Å². The lowest BCUT2D eigenvalue weighted by Gasteiger charge is -2.15. The number of hydrazine groups is 1. The summed E-state index contributed by atoms with van der Waals surface area (Å²) in [6.45, 7) is 2.02. The van der Waals surface area contributed by atoms with Gasteiger partial charge in [-0.15, -0.1) is 0 Å². The molecule has 0 saturated carbocycles. The molecule has 49 valence electrons. The maximum absolute atomic E-state index is 10.5. The quantitative estimate of drug-likeness (QED) is 0.522. The van der Waals surface area contributed by atoms with Gasteiger partial charge in [0.25, 0.3) is 5.91 Å². The van der Waals surface area contributed by atoms with E-state index in [4.69, 9.17) is 0 Å². The summed E-state index contributed by atoms with van der Waals surface area (Å²) in [5, 5.41) is 0. The van der Waals surface area contributed by atoms with Crippen molar-refractivity contribution < 1.29 is 4.79 Å². The third-order valence-electron chi connectivity index (χ3n) is 1.16. The molecule has 1 radical (unpaired) electrons. The lowest BCUT2D eigenvalue weighted by Crippen LogP contribution is -2.41. The zero-order valence-electron chi connectivity index (χ0n) is 5.27. The highest BCUT2D eigenvalue weighted by Crippen LogP contribution is 2.03. The third-order valence-corrected chi connectivity index (χ3v) is 1.16. The van der Waals surface area contributed by atoms with Crippen LogP contribution in [0, 0.1) is 6.04 Å². The van der Waals surface area contributed by atoms with Gasteiger partial charge in [0, 0.05) is 6.08 Å². The van der Waals surface area contributed by atoms with E-state index in [-0.39, 0.29) is 5.91 Å². The van der Waals surface area contributed by atoms with E-state index in [1.165, 1.54) is 6.08 Å². The van der Waals surface area contributed by atoms with Crippen LogP contribution in [-0.2, 0) is 4.79 Å². The van der Waals surface area contributed by atoms with Crippen LogP contribution in [-0.4, -0.2) is 5.91 Å². The third kappa shape index (κ3) is 1.54. The standard InChI is InChI=1S/C6H9N2O/c1-2-5-3-4-6(9)8-7-5/h3-4,7H,2H2,1H3,(H,8,9). The lowest BCUT2D eigenvalue weighted by molar-refractivity contribution is -0.117. The van der Waals surface area contributed by atoms with Crippen molar-refractivity contribution in [2.45, 2.75) is 13.3 Å². The first kappa shape index (κ1) is 6.29. The van der Waals surface area contributed by atoms with Crippen LogP contribution >= 0.6 is 0 Å². The summed E-state index contributed by atoms with van der Waals surface area (Å²) in [6.07, 6.45) is 4.20. The predicted octanol–water partition coefficient (Wildman–Crippen LogP) is 0.119. The summed E-state index contributed by atoms with van der Waals surface area (Å²) in [7, 11) is 0. The van der Waals surface area contributed by atoms with Crippen LogP contribution in [0.25, 0.3) is 0 Å². The highest BCUT2D eigenvalue weighted by atomic mass is 16.2. The molecule has 3 heteroatoms. The fourth-order valence-electron chi connectivity index (χ4n) is 0.608. The summed E-state index contributed by atoms with van der Waals surface area (Å²) in [5.74, 6) is -0.0906. The minimum atomic E-state index is -0.0906. The summed E-state index contributed by atoms with van der Waals surface area (Å²) < 4.78 is 0. The molecule has 0 atom stereocenters. The van der Waals surface area contributed by atoms with E-state index in [1.54, 1.807) is 6.08 Å². The molecule has 2 N–H and O–H groups in total. The van der Waals surface area contributed by atoms with Gasteiger partial charge in [0.15, 0.2) is 0 Å². The summed E-state index contributed by atoms with van der Waals surface area (Å²) in [5.41, 5.74) is 5.22. The Hall–Kier alpha value is -0.830. The number of carbonyl (C=O) groups is 1. The first-order chi connectivity index (χ1) is 4.33. The normalized spacial score (nSPS) is 19.9. The Bertz CT molecular complexity index is 142. The van der Waals surface area contributed by atoms with Crippen LogP contribution in [0.5, 0.6) is 0 Å². The Morgan fingerprint density at radius 1 is 1.44 bits per heavy atom. The molecule has 1 heterocycles. The Balaban J connectivity index is 2.48. The molecule has 0 spiro atoms. The fourth-order valence-corrected chi connectivity index (χ4v) is 0.608. The van der Waals surface area contributed by atoms with Crippen LogP contribution in [0.2, 0.25) is 0 Å². The molecule has 0 aromatic rings. The van der Waals surface area contributed by atoms with Crippen LogP contribution in [0.15, 0.2) is 12.2 Å². The van der Waals surface area contributed by atoms with Crippen molar-refractivity contribution in [3.8, 4) is 0 Å². The first-order valence-corrected chi connectivity index (χ1v) is 2.93. The number of carbonyl (C=O) groups excluding carboxylic acids is 1. The van der Waals surface area contributed by atoms with Crippen LogP contribution in [0.4, 0.5) is 0 Å². The van der Waals surface area contributed by atoms with E-state index < -0.39 is 0 Å². The molecule has 0 aromatic carbocycles. The van der Waals surface area contributed by atoms with E-state index in [2.05, 4.69) is 10.9 Å². The minimum absolute atomic E-state index is 0.0906. The van der Waals surface area contributed by atoms with Gasteiger partial charge in [-0.05, 0) is 6.42 Å². The second-order valence-corrected chi connectivity index (χ2v) is 1.83. The molecule has 3 nitrogen and oxygen atoms in total. The molecule has 1 aliphatic heterocycles. The van der Waals surface area contributed by atoms with Gasteiger partial charge in [-0.2, -0.15) is 0 Å². The molecular weight excluding hydrogens is 116 g/mol. The number of rotatable bonds is 1. The van der Waals surface area contributed by atoms with Crippen molar-refractivity contribution in [2.75, 3.05) is 0 Å². The van der Waals surface area contributed by atoms with Gasteiger partial charge in [0.05, 0.1) is 6.04 Å². The maximum Gasteiger partial charge on any atom is 0.257 e. The van der Waals surface area contributed by atoms with Crippen molar-refractivity contribution in [3.63, 3.8) is 0 Å². The Morgan fingerprint density at radius 2 is 2.22 bits per heavy atom. The highest BCUT2D eigenvalue weighted by molar-refractivity contribution is 5.88. The smallest absolute Gasteiger partial charge is 0.257 e. The van der Waals surface area contributed by atoms with E-state index in [0.29, 0.717) is 0 Å². The van der Waals surface area contributed by atoms with E-state index in [1.807, 2.05) is 6.92 Å². The van der Waals surface area contributed by atoms with E-state index >= 15 is 0 Å². The second kappa shape index (κ2) is 2.64. The average molecular weight is 125 g/mol. The maximum atomic E-state index is 10.5. The molecule has 0 bridgehead atoms. The van der Waals surface area contributed by atoms with E-state index in [0.717, 1.165) is 12.5 Å². The van der Waals surface area contributed by atoms with Gasteiger partial charge in [-0.1, -0.05) is 13.0 Å². The summed E-state index contributed by atoms with van der Waals surface area (Å²) in [6, 6.07) is 1.04. The lowest BCUT2D eigenvalue weighted by atomic mass is 10.2. The van der Waals surface area contributed by atoms with Gasteiger partial charge in [0.2, 0.25) is 0 Å². The molecule has 0 unspecified atom stereocenters. The highest BCUT2D eigenvalue weighted by Gasteiger charge is 2.08. The van der Waals surface area contributed by atoms with Crippen LogP contribution < -0.4 is 10.9 Å². The Labute approximate surface area is 54.1 Å². The molecule has 1 amide bonds. The van der Waals surface area contributed by atoms with Crippen molar-refractivity contribution in [1.29, 1.82) is 0 Å². The van der Waals surface area contributed by atoms with Crippen molar-refractivity contribution in [1.82, 2.24) is 10.9 Å². The average Bonchev–Trinajstić information content (AvgIpc) is 1.90. The number of amides is 1. The number of hydrogen-bond donors (Lipinski definition) is 2. The Kier molecular flexibility index (Phi) is 1.85. The number of hydrogen-bond acceptors (Lipinski definition) is 2. The van der Waals surface area contributed by atoms with Gasteiger partial charge >= 0.3 is 0 Å². The van der Waals surface area contributed by atoms with Gasteiger partial charge in [-0.25, -0.2) is 5.43 Å². The first-order valence-electron chi connectivity index (χ1n) is 2.93. The van der Waals surface area contributed by atoms with E-state index in [9.17, 15) is 4.79 Å². The zero-order chi connectivity index (χ0) is 6.69. The monoisotopic (exact) mass is 125 g/mol. The molecule has 0 fully saturated rings. The summed E-state index contributed by atoms with van der Waals surface area (Å²) >= 11 is 0. The van der Waals surface area contributed by atoms with Gasteiger partial charge in [0.1, 0.15) is 0 Å². The SMILES string of the molecule is CC[C]1C=CC(=O)NN1. The number of nitrogens with one attached hydrogen (secondary N) is 2. The van der Waals surface area contributed by atoms with Crippen molar-refractivity contribution in [2.24, 2.45) is 0 Å². The molecule has 1 rings (SSSR count). The topological polar surface area (TPSA) is 41.1 Å². The van der Waals surface area contributed by atoms with Gasteiger partial charge < -0.3 is 0 Å². The fraction of sp³-hybridized carbons (Fsp3) is 0.333. The second-order valence-electron chi connectivity index (χ2n) is 1.83. The molecule has 0 aliphatic carbocycles. The zero-order valence-corrected chi connectivity index (χ0v) is 5.27. The molecular formula is C6H9N2O. The largest absolute Gasteiger partial charge is 0.287 e. The summed E-state index contributed by atoms with van der Waals surface area (Å²) in [4.78, 5) is 10.5. The molecule has 0 aromatic heterocycles. The Morgan fingerprint density at radius 3 is 2.67 bits per heavy atom. The molecule has 0 saturated heterocycles. The molecule has 1 aliphatic rings. The van der Waals surface area contributed by atoms with Crippen LogP contribution in [0.3, 0.4) is 0 Å².